The first-order valence-corrected chi connectivity index (χ1v) is 10.9. The summed E-state index contributed by atoms with van der Waals surface area (Å²) in [7, 11) is 0. The Bertz CT molecular complexity index is 1410. The van der Waals surface area contributed by atoms with Gasteiger partial charge in [0.2, 0.25) is 0 Å². The van der Waals surface area contributed by atoms with E-state index in [4.69, 9.17) is 9.47 Å². The minimum absolute atomic E-state index is 0.0287. The van der Waals surface area contributed by atoms with Crippen molar-refractivity contribution < 1.29 is 33.6 Å². The predicted octanol–water partition coefficient (Wildman–Crippen LogP) is 4.24. The quantitative estimate of drug-likeness (QED) is 0.209. The highest BCUT2D eigenvalue weighted by atomic mass is 16.6. The SMILES string of the molecule is CCOC(=O)c1ccc(COC(=O)c2ccc3c(c2)C(=O)N(c2ccc(C)cc2[N+](=O)[O-])C3=O)cc1. The van der Waals surface area contributed by atoms with Gasteiger partial charge < -0.3 is 9.47 Å². The summed E-state index contributed by atoms with van der Waals surface area (Å²) in [5, 5.41) is 11.5. The molecule has 10 heteroatoms. The molecule has 0 bridgehead atoms. The summed E-state index contributed by atoms with van der Waals surface area (Å²) in [6.07, 6.45) is 0. The third kappa shape index (κ3) is 4.56. The number of hydrogen-bond acceptors (Lipinski definition) is 8. The molecule has 0 saturated carbocycles. The Kier molecular flexibility index (Phi) is 6.60. The van der Waals surface area contributed by atoms with Gasteiger partial charge in [-0.15, -0.1) is 0 Å². The van der Waals surface area contributed by atoms with Crippen LogP contribution in [-0.2, 0) is 16.1 Å². The minimum atomic E-state index is -0.772. The summed E-state index contributed by atoms with van der Waals surface area (Å²) in [5.74, 6) is -2.68. The molecule has 0 aliphatic carbocycles. The average molecular weight is 488 g/mol. The third-order valence-electron chi connectivity index (χ3n) is 5.53. The highest BCUT2D eigenvalue weighted by Gasteiger charge is 2.40. The van der Waals surface area contributed by atoms with Gasteiger partial charge in [-0.2, -0.15) is 0 Å². The maximum Gasteiger partial charge on any atom is 0.338 e. The fraction of sp³-hybridized carbons (Fsp3) is 0.154. The fourth-order valence-corrected chi connectivity index (χ4v) is 3.74. The van der Waals surface area contributed by atoms with E-state index in [9.17, 15) is 29.3 Å². The van der Waals surface area contributed by atoms with Gasteiger partial charge in [0, 0.05) is 6.07 Å². The maximum absolute atomic E-state index is 13.0. The molecular formula is C26H20N2O8. The summed E-state index contributed by atoms with van der Waals surface area (Å²) in [6, 6.07) is 14.4. The lowest BCUT2D eigenvalue weighted by molar-refractivity contribution is -0.384. The molecule has 2 amide bonds. The molecule has 1 aliphatic rings. The summed E-state index contributed by atoms with van der Waals surface area (Å²) in [6.45, 7) is 3.53. The molecule has 0 saturated heterocycles. The van der Waals surface area contributed by atoms with Crippen molar-refractivity contribution in [3.8, 4) is 0 Å². The van der Waals surface area contributed by atoms with E-state index in [1.165, 1.54) is 30.3 Å². The van der Waals surface area contributed by atoms with Gasteiger partial charge in [0.1, 0.15) is 12.3 Å². The van der Waals surface area contributed by atoms with Gasteiger partial charge in [-0.25, -0.2) is 14.5 Å². The van der Waals surface area contributed by atoms with Crippen LogP contribution in [0, 0.1) is 17.0 Å². The van der Waals surface area contributed by atoms with Crippen molar-refractivity contribution in [3.63, 3.8) is 0 Å². The zero-order valence-electron chi connectivity index (χ0n) is 19.3. The van der Waals surface area contributed by atoms with E-state index in [2.05, 4.69) is 0 Å². The van der Waals surface area contributed by atoms with Gasteiger partial charge in [-0.3, -0.25) is 19.7 Å². The average Bonchev–Trinajstić information content (AvgIpc) is 3.12. The molecule has 0 unspecified atom stereocenters. The second kappa shape index (κ2) is 9.79. The Morgan fingerprint density at radius 2 is 1.50 bits per heavy atom. The van der Waals surface area contributed by atoms with Crippen molar-refractivity contribution in [2.24, 2.45) is 0 Å². The lowest BCUT2D eigenvalue weighted by Gasteiger charge is -2.14. The number of aryl methyl sites for hydroxylation is 1. The molecule has 4 rings (SSSR count). The number of ether oxygens (including phenoxy) is 2. The zero-order chi connectivity index (χ0) is 26.0. The molecule has 3 aromatic rings. The topological polar surface area (TPSA) is 133 Å². The Morgan fingerprint density at radius 3 is 2.17 bits per heavy atom. The van der Waals surface area contributed by atoms with Gasteiger partial charge in [-0.05, 0) is 61.4 Å². The number of esters is 2. The first-order valence-electron chi connectivity index (χ1n) is 10.9. The van der Waals surface area contributed by atoms with Crippen LogP contribution in [0.2, 0.25) is 0 Å². The number of nitrogens with zero attached hydrogens (tertiary/aromatic N) is 2. The van der Waals surface area contributed by atoms with E-state index in [1.807, 2.05) is 0 Å². The Morgan fingerprint density at radius 1 is 0.861 bits per heavy atom. The lowest BCUT2D eigenvalue weighted by atomic mass is 10.1. The molecule has 0 atom stereocenters. The van der Waals surface area contributed by atoms with Crippen molar-refractivity contribution in [3.05, 3.63) is 104 Å². The van der Waals surface area contributed by atoms with Crippen molar-refractivity contribution >= 4 is 35.1 Å². The molecule has 182 valence electrons. The summed E-state index contributed by atoms with van der Waals surface area (Å²) < 4.78 is 10.2. The molecule has 1 heterocycles. The predicted molar refractivity (Wildman–Crippen MR) is 127 cm³/mol. The van der Waals surface area contributed by atoms with Gasteiger partial charge in [0.15, 0.2) is 0 Å². The Labute approximate surface area is 205 Å². The number of fused-ring (bicyclic) bond motifs is 1. The van der Waals surface area contributed by atoms with E-state index in [1.54, 1.807) is 44.2 Å². The number of amides is 2. The van der Waals surface area contributed by atoms with Crippen molar-refractivity contribution in [1.29, 1.82) is 0 Å². The monoisotopic (exact) mass is 488 g/mol. The van der Waals surface area contributed by atoms with Crippen LogP contribution in [0.15, 0.2) is 60.7 Å². The maximum atomic E-state index is 13.0. The highest BCUT2D eigenvalue weighted by Crippen LogP contribution is 2.35. The van der Waals surface area contributed by atoms with Gasteiger partial charge in [0.05, 0.1) is 33.8 Å². The molecule has 0 spiro atoms. The first kappa shape index (κ1) is 24.3. The smallest absolute Gasteiger partial charge is 0.338 e. The van der Waals surface area contributed by atoms with Crippen LogP contribution in [0.3, 0.4) is 0 Å². The number of carbonyl (C=O) groups is 4. The Balaban J connectivity index is 1.51. The van der Waals surface area contributed by atoms with Crippen molar-refractivity contribution in [2.45, 2.75) is 20.5 Å². The number of hydrogen-bond donors (Lipinski definition) is 0. The minimum Gasteiger partial charge on any atom is -0.462 e. The number of imide groups is 1. The standard InChI is InChI=1S/C26H20N2O8/c1-3-35-25(31)17-7-5-16(6-8-17)14-36-26(32)18-9-10-19-20(13-18)24(30)27(23(19)29)21-11-4-15(2)12-22(21)28(33)34/h4-13H,3,14H2,1-2H3. The van der Waals surface area contributed by atoms with E-state index >= 15 is 0 Å². The first-order chi connectivity index (χ1) is 17.2. The molecular weight excluding hydrogens is 468 g/mol. The second-order valence-electron chi connectivity index (χ2n) is 7.95. The van der Waals surface area contributed by atoms with E-state index in [-0.39, 0.29) is 41.3 Å². The summed E-state index contributed by atoms with van der Waals surface area (Å²) in [4.78, 5) is 61.9. The summed E-state index contributed by atoms with van der Waals surface area (Å²) >= 11 is 0. The fourth-order valence-electron chi connectivity index (χ4n) is 3.74. The number of anilines is 1. The van der Waals surface area contributed by atoms with Crippen LogP contribution in [0.25, 0.3) is 0 Å². The van der Waals surface area contributed by atoms with Gasteiger partial charge in [0.25, 0.3) is 17.5 Å². The third-order valence-corrected chi connectivity index (χ3v) is 5.53. The largest absolute Gasteiger partial charge is 0.462 e. The van der Waals surface area contributed by atoms with Crippen LogP contribution in [0.5, 0.6) is 0 Å². The molecule has 0 radical (unpaired) electrons. The number of carbonyl (C=O) groups excluding carboxylic acids is 4. The van der Waals surface area contributed by atoms with Crippen LogP contribution < -0.4 is 4.90 Å². The molecule has 3 aromatic carbocycles. The molecule has 0 fully saturated rings. The van der Waals surface area contributed by atoms with E-state index in [0.29, 0.717) is 16.7 Å². The number of nitro benzene ring substituents is 1. The normalized spacial score (nSPS) is 12.3. The summed E-state index contributed by atoms with van der Waals surface area (Å²) in [5.41, 5.74) is 1.09. The van der Waals surface area contributed by atoms with E-state index < -0.39 is 28.7 Å². The van der Waals surface area contributed by atoms with E-state index in [0.717, 1.165) is 4.90 Å². The lowest BCUT2D eigenvalue weighted by Crippen LogP contribution is -2.30. The van der Waals surface area contributed by atoms with Crippen LogP contribution in [0.1, 0.15) is 59.5 Å². The second-order valence-corrected chi connectivity index (χ2v) is 7.95. The van der Waals surface area contributed by atoms with Crippen LogP contribution in [-0.4, -0.2) is 35.3 Å². The molecule has 0 aromatic heterocycles. The number of rotatable bonds is 7. The number of benzene rings is 3. The van der Waals surface area contributed by atoms with Crippen LogP contribution in [0.4, 0.5) is 11.4 Å². The molecule has 36 heavy (non-hydrogen) atoms. The zero-order valence-corrected chi connectivity index (χ0v) is 19.3. The van der Waals surface area contributed by atoms with Crippen molar-refractivity contribution in [2.75, 3.05) is 11.5 Å². The Hall–Kier alpha value is -4.86. The molecule has 10 nitrogen and oxygen atoms in total. The van der Waals surface area contributed by atoms with Gasteiger partial charge in [-0.1, -0.05) is 18.2 Å². The molecule has 0 N–H and O–H groups in total. The number of nitro groups is 1. The highest BCUT2D eigenvalue weighted by molar-refractivity contribution is 6.35. The van der Waals surface area contributed by atoms with Crippen molar-refractivity contribution in [1.82, 2.24) is 0 Å². The van der Waals surface area contributed by atoms with Crippen LogP contribution >= 0.6 is 0 Å². The molecule has 1 aliphatic heterocycles. The van der Waals surface area contributed by atoms with Gasteiger partial charge >= 0.3 is 11.9 Å².